The number of carbonyl (C=O) groups excluding carboxylic acids is 1. The number of rotatable bonds is 6. The summed E-state index contributed by atoms with van der Waals surface area (Å²) in [6, 6.07) is 16.3. The van der Waals surface area contributed by atoms with Crippen LogP contribution in [-0.4, -0.2) is 36.0 Å². The first-order valence-electron chi connectivity index (χ1n) is 14.6. The van der Waals surface area contributed by atoms with Crippen molar-refractivity contribution >= 4 is 22.9 Å². The fourth-order valence-corrected chi connectivity index (χ4v) is 6.39. The Morgan fingerprint density at radius 2 is 1.49 bits per heavy atom. The molecule has 2 heterocycles. The van der Waals surface area contributed by atoms with E-state index in [1.165, 1.54) is 25.2 Å². The highest BCUT2D eigenvalue weighted by Crippen LogP contribution is 2.49. The summed E-state index contributed by atoms with van der Waals surface area (Å²) in [5.41, 5.74) is 8.92. The van der Waals surface area contributed by atoms with Crippen LogP contribution in [0.25, 0.3) is 0 Å². The molecule has 0 bridgehead atoms. The minimum atomic E-state index is -0.328. The zero-order valence-electron chi connectivity index (χ0n) is 26.0. The van der Waals surface area contributed by atoms with E-state index in [1.54, 1.807) is 0 Å². The fraction of sp³-hybridized carbons (Fsp3) is 0.400. The predicted molar refractivity (Wildman–Crippen MR) is 169 cm³/mol. The number of ketones is 1. The van der Waals surface area contributed by atoms with Crippen LogP contribution < -0.4 is 10.6 Å². The lowest BCUT2D eigenvalue weighted by Crippen LogP contribution is -2.36. The van der Waals surface area contributed by atoms with Gasteiger partial charge < -0.3 is 10.2 Å². The average Bonchev–Trinajstić information content (AvgIpc) is 3.39. The van der Waals surface area contributed by atoms with Crippen molar-refractivity contribution in [2.45, 2.75) is 73.1 Å². The predicted octanol–water partition coefficient (Wildman–Crippen LogP) is 7.30. The van der Waals surface area contributed by atoms with Crippen LogP contribution in [0.1, 0.15) is 73.4 Å². The second kappa shape index (κ2) is 11.5. The van der Waals surface area contributed by atoms with Gasteiger partial charge in [0.15, 0.2) is 12.0 Å². The van der Waals surface area contributed by atoms with Gasteiger partial charge in [0.05, 0.1) is 28.2 Å². The number of Topliss-reactive ketones (excluding diaryl/α,β-unsaturated/α-hetero) is 1. The number of nitrogens with one attached hydrogen (secondary N) is 2. The summed E-state index contributed by atoms with van der Waals surface area (Å²) in [5, 5.41) is 15.8. The van der Waals surface area contributed by atoms with Gasteiger partial charge in [0.1, 0.15) is 0 Å². The first kappa shape index (κ1) is 30.0. The number of allylic oxidation sites excluding steroid dienone is 5. The third-order valence-electron chi connectivity index (χ3n) is 8.84. The van der Waals surface area contributed by atoms with Crippen molar-refractivity contribution in [3.05, 3.63) is 93.3 Å². The van der Waals surface area contributed by atoms with Crippen LogP contribution in [0.4, 0.5) is 11.4 Å². The van der Waals surface area contributed by atoms with E-state index in [1.807, 2.05) is 50.4 Å². The van der Waals surface area contributed by atoms with E-state index in [4.69, 9.17) is 4.99 Å². The minimum absolute atomic E-state index is 0.0525. The Labute approximate surface area is 245 Å². The van der Waals surface area contributed by atoms with Crippen molar-refractivity contribution in [2.24, 2.45) is 4.99 Å². The number of hydrogen-bond acceptors (Lipinski definition) is 6. The van der Waals surface area contributed by atoms with Gasteiger partial charge >= 0.3 is 0 Å². The van der Waals surface area contributed by atoms with Crippen LogP contribution in [0.15, 0.2) is 87.2 Å². The molecule has 0 amide bonds. The van der Waals surface area contributed by atoms with E-state index in [2.05, 4.69) is 82.2 Å². The summed E-state index contributed by atoms with van der Waals surface area (Å²) in [6.07, 6.45) is 2.04. The third-order valence-corrected chi connectivity index (χ3v) is 8.84. The Hall–Kier alpha value is -3.95. The molecule has 214 valence electrons. The highest BCUT2D eigenvalue weighted by atomic mass is 16.1. The lowest BCUT2D eigenvalue weighted by molar-refractivity contribution is -0.113. The SMILES string of the molecule is CC(C1=Nc2ccccc2C1(C)C)=C1C(=O)C(C(C)=C2Nc3ccccc3C2(C)C)=C1NC#N.CCN(CC)CC. The number of benzene rings is 2. The van der Waals surface area contributed by atoms with E-state index in [9.17, 15) is 10.1 Å². The van der Waals surface area contributed by atoms with E-state index >= 15 is 0 Å². The molecule has 6 heteroatoms. The van der Waals surface area contributed by atoms with Crippen LogP contribution in [0.2, 0.25) is 0 Å². The van der Waals surface area contributed by atoms with Gasteiger partial charge in [0, 0.05) is 22.2 Å². The number of para-hydroxylation sites is 2. The van der Waals surface area contributed by atoms with Gasteiger partial charge in [0.2, 0.25) is 0 Å². The summed E-state index contributed by atoms with van der Waals surface area (Å²) in [7, 11) is 0. The molecule has 0 atom stereocenters. The molecule has 0 saturated carbocycles. The first-order chi connectivity index (χ1) is 19.4. The van der Waals surface area contributed by atoms with Gasteiger partial charge in [-0.05, 0) is 67.9 Å². The number of aliphatic imine (C=N–C) groups is 1. The standard InChI is InChI=1S/C29H28N4O.C6H15N/c1-16(26-28(3,4)18-11-7-9-13-20(18)32-26)22-24(31-15-30)23(25(22)34)17(2)27-29(5,6)19-12-8-10-14-21(19)33-27;1-4-7(5-2)6-3/h7-14,31-32H,1-6H3;4-6H2,1-3H3. The maximum absolute atomic E-state index is 13.6. The van der Waals surface area contributed by atoms with Crippen molar-refractivity contribution in [2.75, 3.05) is 25.0 Å². The van der Waals surface area contributed by atoms with Crippen LogP contribution in [0, 0.1) is 11.5 Å². The molecule has 2 N–H and O–H groups in total. The lowest BCUT2D eigenvalue weighted by atomic mass is 9.72. The van der Waals surface area contributed by atoms with E-state index in [-0.39, 0.29) is 16.6 Å². The maximum Gasteiger partial charge on any atom is 0.197 e. The van der Waals surface area contributed by atoms with Crippen LogP contribution >= 0.6 is 0 Å². The smallest absolute Gasteiger partial charge is 0.197 e. The molecule has 2 aromatic carbocycles. The lowest BCUT2D eigenvalue weighted by Gasteiger charge is -2.32. The summed E-state index contributed by atoms with van der Waals surface area (Å²) in [5.74, 6) is -0.0525. The Morgan fingerprint density at radius 3 is 2.02 bits per heavy atom. The van der Waals surface area contributed by atoms with E-state index in [0.717, 1.165) is 39.5 Å². The third kappa shape index (κ3) is 5.04. The second-order valence-corrected chi connectivity index (χ2v) is 11.8. The molecular formula is C35H43N5O. The number of nitriles is 1. The molecule has 0 spiro atoms. The van der Waals surface area contributed by atoms with Gasteiger partial charge in [-0.3, -0.25) is 15.1 Å². The second-order valence-electron chi connectivity index (χ2n) is 11.8. The number of nitrogens with zero attached hydrogens (tertiary/aromatic N) is 3. The number of anilines is 1. The fourth-order valence-electron chi connectivity index (χ4n) is 6.39. The van der Waals surface area contributed by atoms with Crippen LogP contribution in [0.5, 0.6) is 0 Å². The molecule has 0 fully saturated rings. The van der Waals surface area contributed by atoms with Gasteiger partial charge in [0.25, 0.3) is 0 Å². The van der Waals surface area contributed by atoms with Crippen molar-refractivity contribution in [3.8, 4) is 6.19 Å². The topological polar surface area (TPSA) is 80.5 Å². The average molecular weight is 550 g/mol. The Bertz CT molecular complexity index is 1530. The van der Waals surface area contributed by atoms with Gasteiger partial charge in [-0.2, -0.15) is 5.26 Å². The number of hydrogen-bond donors (Lipinski definition) is 2. The zero-order valence-corrected chi connectivity index (χ0v) is 26.0. The van der Waals surface area contributed by atoms with Crippen molar-refractivity contribution < 1.29 is 4.79 Å². The highest BCUT2D eigenvalue weighted by molar-refractivity contribution is 6.27. The summed E-state index contributed by atoms with van der Waals surface area (Å²) < 4.78 is 0. The number of carbonyl (C=O) groups is 1. The van der Waals surface area contributed by atoms with E-state index in [0.29, 0.717) is 16.8 Å². The molecule has 2 aliphatic heterocycles. The molecule has 0 aromatic heterocycles. The maximum atomic E-state index is 13.6. The largest absolute Gasteiger partial charge is 0.358 e. The van der Waals surface area contributed by atoms with Crippen LogP contribution in [-0.2, 0) is 15.6 Å². The molecule has 2 aromatic rings. The summed E-state index contributed by atoms with van der Waals surface area (Å²) >= 11 is 0. The Balaban J connectivity index is 0.000000493. The Kier molecular flexibility index (Phi) is 8.42. The monoisotopic (exact) mass is 549 g/mol. The molecule has 0 radical (unpaired) electrons. The number of fused-ring (bicyclic) bond motifs is 2. The van der Waals surface area contributed by atoms with Crippen molar-refractivity contribution in [1.82, 2.24) is 10.2 Å². The summed E-state index contributed by atoms with van der Waals surface area (Å²) in [6.45, 7) is 22.6. The first-order valence-corrected chi connectivity index (χ1v) is 14.6. The molecule has 0 unspecified atom stereocenters. The highest BCUT2D eigenvalue weighted by Gasteiger charge is 2.44. The van der Waals surface area contributed by atoms with Crippen LogP contribution in [0.3, 0.4) is 0 Å². The van der Waals surface area contributed by atoms with Gasteiger partial charge in [-0.15, -0.1) is 0 Å². The van der Waals surface area contributed by atoms with Crippen molar-refractivity contribution in [3.63, 3.8) is 0 Å². The van der Waals surface area contributed by atoms with Gasteiger partial charge in [-0.25, -0.2) is 0 Å². The Morgan fingerprint density at radius 1 is 0.902 bits per heavy atom. The molecule has 3 aliphatic rings. The normalized spacial score (nSPS) is 20.1. The molecule has 41 heavy (non-hydrogen) atoms. The molecular weight excluding hydrogens is 506 g/mol. The zero-order chi connectivity index (χ0) is 30.1. The molecule has 0 saturated heterocycles. The van der Waals surface area contributed by atoms with Crippen molar-refractivity contribution in [1.29, 1.82) is 5.26 Å². The summed E-state index contributed by atoms with van der Waals surface area (Å²) in [4.78, 5) is 20.9. The molecule has 6 nitrogen and oxygen atoms in total. The molecule has 1 aliphatic carbocycles. The minimum Gasteiger partial charge on any atom is -0.358 e. The van der Waals surface area contributed by atoms with E-state index < -0.39 is 0 Å². The molecule has 5 rings (SSSR count). The quantitative estimate of drug-likeness (QED) is 0.224. The van der Waals surface area contributed by atoms with Gasteiger partial charge in [-0.1, -0.05) is 84.9 Å².